The predicted molar refractivity (Wildman–Crippen MR) is 67.5 cm³/mol. The SMILES string of the molecule is N[C@H](CC[C@@H](N)C(F)(F)F)C(=O)OCc1ccccc1. The van der Waals surface area contributed by atoms with Gasteiger partial charge < -0.3 is 16.2 Å². The molecule has 1 aromatic carbocycles. The fourth-order valence-corrected chi connectivity index (χ4v) is 1.48. The Kier molecular flexibility index (Phi) is 5.97. The second-order valence-electron chi connectivity index (χ2n) is 4.43. The minimum Gasteiger partial charge on any atom is -0.460 e. The van der Waals surface area contributed by atoms with Gasteiger partial charge in [0.1, 0.15) is 18.7 Å². The van der Waals surface area contributed by atoms with E-state index in [2.05, 4.69) is 0 Å². The molecule has 0 spiro atoms. The van der Waals surface area contributed by atoms with E-state index in [1.165, 1.54) is 0 Å². The first-order valence-corrected chi connectivity index (χ1v) is 6.09. The molecule has 1 aromatic rings. The molecule has 0 radical (unpaired) electrons. The normalized spacial score (nSPS) is 14.7. The molecule has 0 amide bonds. The molecule has 0 aliphatic heterocycles. The third-order valence-corrected chi connectivity index (χ3v) is 2.74. The van der Waals surface area contributed by atoms with Gasteiger partial charge in [0.25, 0.3) is 0 Å². The van der Waals surface area contributed by atoms with Crippen LogP contribution in [0.1, 0.15) is 18.4 Å². The monoisotopic (exact) mass is 290 g/mol. The predicted octanol–water partition coefficient (Wildman–Crippen LogP) is 1.73. The Bertz CT molecular complexity index is 423. The van der Waals surface area contributed by atoms with Crippen LogP contribution in [0.3, 0.4) is 0 Å². The third-order valence-electron chi connectivity index (χ3n) is 2.74. The first kappa shape index (κ1) is 16.5. The average Bonchev–Trinajstić information content (AvgIpc) is 2.41. The van der Waals surface area contributed by atoms with Gasteiger partial charge in [-0.1, -0.05) is 30.3 Å². The molecular weight excluding hydrogens is 273 g/mol. The van der Waals surface area contributed by atoms with Crippen LogP contribution in [0, 0.1) is 0 Å². The van der Waals surface area contributed by atoms with Crippen LogP contribution in [-0.2, 0) is 16.1 Å². The Hall–Kier alpha value is -1.60. The van der Waals surface area contributed by atoms with E-state index < -0.39 is 30.7 Å². The summed E-state index contributed by atoms with van der Waals surface area (Å²) in [4.78, 5) is 11.5. The zero-order chi connectivity index (χ0) is 15.2. The topological polar surface area (TPSA) is 78.3 Å². The van der Waals surface area contributed by atoms with Crippen molar-refractivity contribution in [3.8, 4) is 0 Å². The van der Waals surface area contributed by atoms with Crippen LogP contribution in [-0.4, -0.2) is 24.2 Å². The summed E-state index contributed by atoms with van der Waals surface area (Å²) in [6.45, 7) is 0.0404. The van der Waals surface area contributed by atoms with E-state index in [1.807, 2.05) is 6.07 Å². The lowest BCUT2D eigenvalue weighted by Gasteiger charge is -2.17. The van der Waals surface area contributed by atoms with Gasteiger partial charge in [0.05, 0.1) is 0 Å². The van der Waals surface area contributed by atoms with E-state index in [1.54, 1.807) is 24.3 Å². The van der Waals surface area contributed by atoms with E-state index in [0.29, 0.717) is 0 Å². The molecule has 2 atom stereocenters. The van der Waals surface area contributed by atoms with E-state index in [4.69, 9.17) is 16.2 Å². The van der Waals surface area contributed by atoms with Crippen LogP contribution < -0.4 is 11.5 Å². The van der Waals surface area contributed by atoms with Crippen molar-refractivity contribution in [1.29, 1.82) is 0 Å². The molecule has 0 aliphatic rings. The molecule has 0 saturated heterocycles. The second kappa shape index (κ2) is 7.25. The van der Waals surface area contributed by atoms with Gasteiger partial charge in [-0.2, -0.15) is 13.2 Å². The Balaban J connectivity index is 2.33. The van der Waals surface area contributed by atoms with Gasteiger partial charge in [-0.3, -0.25) is 4.79 Å². The highest BCUT2D eigenvalue weighted by molar-refractivity contribution is 5.75. The first-order chi connectivity index (χ1) is 9.30. The fourth-order valence-electron chi connectivity index (χ4n) is 1.48. The number of benzene rings is 1. The summed E-state index contributed by atoms with van der Waals surface area (Å²) in [6, 6.07) is 5.83. The van der Waals surface area contributed by atoms with Crippen molar-refractivity contribution in [2.24, 2.45) is 11.5 Å². The summed E-state index contributed by atoms with van der Waals surface area (Å²) >= 11 is 0. The first-order valence-electron chi connectivity index (χ1n) is 6.09. The smallest absolute Gasteiger partial charge is 0.403 e. The molecule has 0 saturated carbocycles. The Morgan fingerprint density at radius 2 is 1.75 bits per heavy atom. The Morgan fingerprint density at radius 1 is 1.15 bits per heavy atom. The van der Waals surface area contributed by atoms with Gasteiger partial charge in [0.2, 0.25) is 0 Å². The van der Waals surface area contributed by atoms with Crippen molar-refractivity contribution in [1.82, 2.24) is 0 Å². The van der Waals surface area contributed by atoms with E-state index >= 15 is 0 Å². The second-order valence-corrected chi connectivity index (χ2v) is 4.43. The molecule has 0 aromatic heterocycles. The van der Waals surface area contributed by atoms with Crippen LogP contribution >= 0.6 is 0 Å². The van der Waals surface area contributed by atoms with Crippen LogP contribution in [0.5, 0.6) is 0 Å². The number of ether oxygens (including phenoxy) is 1. The standard InChI is InChI=1S/C13H17F3N2O2/c14-13(15,16)11(18)7-6-10(17)12(19)20-8-9-4-2-1-3-5-9/h1-5,10-11H,6-8,17-18H2/t10-,11-/m1/s1. The van der Waals surface area contributed by atoms with Crippen molar-refractivity contribution in [3.63, 3.8) is 0 Å². The molecule has 4 nitrogen and oxygen atoms in total. The number of carbonyl (C=O) groups is 1. The zero-order valence-electron chi connectivity index (χ0n) is 10.8. The summed E-state index contributed by atoms with van der Waals surface area (Å²) in [5, 5.41) is 0. The largest absolute Gasteiger partial charge is 0.460 e. The maximum Gasteiger partial charge on any atom is 0.403 e. The molecule has 7 heteroatoms. The van der Waals surface area contributed by atoms with Crippen molar-refractivity contribution in [3.05, 3.63) is 35.9 Å². The minimum atomic E-state index is -4.48. The zero-order valence-corrected chi connectivity index (χ0v) is 10.8. The molecule has 0 aliphatic carbocycles. The van der Waals surface area contributed by atoms with Crippen LogP contribution in [0.25, 0.3) is 0 Å². The molecule has 112 valence electrons. The van der Waals surface area contributed by atoms with E-state index in [0.717, 1.165) is 5.56 Å². The van der Waals surface area contributed by atoms with Crippen molar-refractivity contribution < 1.29 is 22.7 Å². The van der Waals surface area contributed by atoms with Gasteiger partial charge in [0, 0.05) is 0 Å². The van der Waals surface area contributed by atoms with Gasteiger partial charge in [-0.05, 0) is 18.4 Å². The van der Waals surface area contributed by atoms with Crippen LogP contribution in [0.4, 0.5) is 13.2 Å². The van der Waals surface area contributed by atoms with E-state index in [-0.39, 0.29) is 13.0 Å². The molecule has 20 heavy (non-hydrogen) atoms. The number of alkyl halides is 3. The van der Waals surface area contributed by atoms with Gasteiger partial charge in [-0.15, -0.1) is 0 Å². The van der Waals surface area contributed by atoms with Gasteiger partial charge >= 0.3 is 12.1 Å². The van der Waals surface area contributed by atoms with Crippen molar-refractivity contribution in [2.75, 3.05) is 0 Å². The summed E-state index contributed by atoms with van der Waals surface area (Å²) in [5.74, 6) is -0.733. The lowest BCUT2D eigenvalue weighted by Crippen LogP contribution is -2.40. The minimum absolute atomic E-state index is 0.0404. The van der Waals surface area contributed by atoms with Gasteiger partial charge in [-0.25, -0.2) is 0 Å². The van der Waals surface area contributed by atoms with Gasteiger partial charge in [0.15, 0.2) is 0 Å². The van der Waals surface area contributed by atoms with E-state index in [9.17, 15) is 18.0 Å². The summed E-state index contributed by atoms with van der Waals surface area (Å²) < 4.78 is 41.5. The molecular formula is C13H17F3N2O2. The highest BCUT2D eigenvalue weighted by Crippen LogP contribution is 2.21. The van der Waals surface area contributed by atoms with Crippen LogP contribution in [0.15, 0.2) is 30.3 Å². The quantitative estimate of drug-likeness (QED) is 0.782. The molecule has 1 rings (SSSR count). The highest BCUT2D eigenvalue weighted by atomic mass is 19.4. The molecule has 0 unspecified atom stereocenters. The lowest BCUT2D eigenvalue weighted by molar-refractivity contribution is -0.153. The fraction of sp³-hybridized carbons (Fsp3) is 0.462. The number of nitrogens with two attached hydrogens (primary N) is 2. The van der Waals surface area contributed by atoms with Crippen molar-refractivity contribution in [2.45, 2.75) is 37.7 Å². The number of rotatable bonds is 6. The molecule has 0 bridgehead atoms. The molecule has 4 N–H and O–H groups in total. The molecule has 0 heterocycles. The summed E-state index contributed by atoms with van der Waals surface area (Å²) in [6.07, 6.45) is -5.06. The number of esters is 1. The molecule has 0 fully saturated rings. The maximum atomic E-state index is 12.2. The average molecular weight is 290 g/mol. The van der Waals surface area contributed by atoms with Crippen molar-refractivity contribution >= 4 is 5.97 Å². The Morgan fingerprint density at radius 3 is 2.30 bits per heavy atom. The number of halogens is 3. The summed E-state index contributed by atoms with van der Waals surface area (Å²) in [5.41, 5.74) is 11.2. The highest BCUT2D eigenvalue weighted by Gasteiger charge is 2.36. The number of hydrogen-bond acceptors (Lipinski definition) is 4. The number of carbonyl (C=O) groups excluding carboxylic acids is 1. The lowest BCUT2D eigenvalue weighted by atomic mass is 10.1. The summed E-state index contributed by atoms with van der Waals surface area (Å²) in [7, 11) is 0. The third kappa shape index (κ3) is 5.58. The maximum absolute atomic E-state index is 12.2. The Labute approximate surface area is 114 Å². The van der Waals surface area contributed by atoms with Crippen LogP contribution in [0.2, 0.25) is 0 Å². The number of hydrogen-bond donors (Lipinski definition) is 2.